The number of aliphatic hydroxyl groups is 1. The Morgan fingerprint density at radius 2 is 2.24 bits per heavy atom. The molecule has 0 aromatic heterocycles. The third-order valence-electron chi connectivity index (χ3n) is 3.41. The third kappa shape index (κ3) is 2.72. The van der Waals surface area contributed by atoms with Crippen molar-refractivity contribution >= 4 is 29.1 Å². The number of aliphatic hydroxyl groups excluding tert-OH is 1. The summed E-state index contributed by atoms with van der Waals surface area (Å²) in [4.78, 5) is 2.36. The van der Waals surface area contributed by atoms with Crippen LogP contribution in [0, 0.1) is 0 Å². The van der Waals surface area contributed by atoms with Gasteiger partial charge in [0.15, 0.2) is 0 Å². The molecule has 1 fully saturated rings. The molecule has 1 saturated heterocycles. The van der Waals surface area contributed by atoms with Gasteiger partial charge in [0.2, 0.25) is 0 Å². The molecule has 2 nitrogen and oxygen atoms in total. The van der Waals surface area contributed by atoms with Crippen LogP contribution in [0.3, 0.4) is 0 Å². The quantitative estimate of drug-likeness (QED) is 0.894. The Morgan fingerprint density at radius 1 is 1.47 bits per heavy atom. The molecule has 2 rings (SSSR count). The highest BCUT2D eigenvalue weighted by atomic mass is 35.5. The molecule has 2 atom stereocenters. The molecular formula is C13H18ClNOS. The summed E-state index contributed by atoms with van der Waals surface area (Å²) < 4.78 is 0. The number of anilines is 1. The van der Waals surface area contributed by atoms with Crippen LogP contribution in [-0.4, -0.2) is 28.7 Å². The highest BCUT2D eigenvalue weighted by Crippen LogP contribution is 2.32. The fourth-order valence-electron chi connectivity index (χ4n) is 2.21. The van der Waals surface area contributed by atoms with E-state index in [1.807, 2.05) is 30.0 Å². The number of benzene rings is 1. The molecule has 4 heteroatoms. The standard InChI is InChI=1S/C13H18ClNOS/c1-9-10(2)17-6-5-15(9)13-7-12(14)4-3-11(13)8-16/h3-4,7,9-10,16H,5-6,8H2,1-2H3. The van der Waals surface area contributed by atoms with Gasteiger partial charge in [0, 0.05) is 39.9 Å². The van der Waals surface area contributed by atoms with Crippen LogP contribution in [0.25, 0.3) is 0 Å². The van der Waals surface area contributed by atoms with Crippen LogP contribution in [0.5, 0.6) is 0 Å². The van der Waals surface area contributed by atoms with E-state index in [4.69, 9.17) is 11.6 Å². The van der Waals surface area contributed by atoms with E-state index in [2.05, 4.69) is 18.7 Å². The Labute approximate surface area is 112 Å². The summed E-state index contributed by atoms with van der Waals surface area (Å²) in [6, 6.07) is 6.18. The molecule has 1 aromatic rings. The van der Waals surface area contributed by atoms with Crippen LogP contribution in [0.2, 0.25) is 5.02 Å². The van der Waals surface area contributed by atoms with Gasteiger partial charge in [0.05, 0.1) is 6.61 Å². The fourth-order valence-corrected chi connectivity index (χ4v) is 3.48. The molecule has 1 heterocycles. The largest absolute Gasteiger partial charge is 0.392 e. The van der Waals surface area contributed by atoms with E-state index in [-0.39, 0.29) is 6.61 Å². The van der Waals surface area contributed by atoms with Crippen LogP contribution < -0.4 is 4.90 Å². The zero-order valence-electron chi connectivity index (χ0n) is 10.2. The van der Waals surface area contributed by atoms with Crippen molar-refractivity contribution in [3.8, 4) is 0 Å². The maximum Gasteiger partial charge on any atom is 0.0702 e. The smallest absolute Gasteiger partial charge is 0.0702 e. The van der Waals surface area contributed by atoms with E-state index < -0.39 is 0 Å². The Kier molecular flexibility index (Phi) is 4.23. The first-order chi connectivity index (χ1) is 8.13. The number of halogens is 1. The SMILES string of the molecule is CC1SCCN(c2cc(Cl)ccc2CO)C1C. The van der Waals surface area contributed by atoms with Crippen molar-refractivity contribution in [2.45, 2.75) is 31.7 Å². The average Bonchev–Trinajstić information content (AvgIpc) is 2.33. The second kappa shape index (κ2) is 5.51. The van der Waals surface area contributed by atoms with Crippen molar-refractivity contribution in [1.29, 1.82) is 0 Å². The zero-order chi connectivity index (χ0) is 12.4. The number of thioether (sulfide) groups is 1. The van der Waals surface area contributed by atoms with E-state index in [0.717, 1.165) is 28.6 Å². The molecule has 0 radical (unpaired) electrons. The van der Waals surface area contributed by atoms with E-state index >= 15 is 0 Å². The summed E-state index contributed by atoms with van der Waals surface area (Å²) in [5, 5.41) is 10.8. The Balaban J connectivity index is 2.34. The third-order valence-corrected chi connectivity index (χ3v) is 4.98. The first-order valence-corrected chi connectivity index (χ1v) is 7.33. The van der Waals surface area contributed by atoms with E-state index in [9.17, 15) is 5.11 Å². The fraction of sp³-hybridized carbons (Fsp3) is 0.538. The van der Waals surface area contributed by atoms with Crippen molar-refractivity contribution in [2.24, 2.45) is 0 Å². The highest BCUT2D eigenvalue weighted by molar-refractivity contribution is 8.00. The maximum absolute atomic E-state index is 9.42. The van der Waals surface area contributed by atoms with Crippen LogP contribution >= 0.6 is 23.4 Å². The topological polar surface area (TPSA) is 23.5 Å². The molecule has 17 heavy (non-hydrogen) atoms. The second-order valence-corrected chi connectivity index (χ2v) is 6.36. The van der Waals surface area contributed by atoms with Gasteiger partial charge in [-0.15, -0.1) is 0 Å². The van der Waals surface area contributed by atoms with Crippen LogP contribution in [0.4, 0.5) is 5.69 Å². The molecule has 0 amide bonds. The van der Waals surface area contributed by atoms with Gasteiger partial charge in [0.25, 0.3) is 0 Å². The van der Waals surface area contributed by atoms with Gasteiger partial charge in [-0.05, 0) is 19.1 Å². The first-order valence-electron chi connectivity index (χ1n) is 5.91. The molecule has 0 saturated carbocycles. The van der Waals surface area contributed by atoms with Crippen LogP contribution in [0.15, 0.2) is 18.2 Å². The van der Waals surface area contributed by atoms with Crippen molar-refractivity contribution in [2.75, 3.05) is 17.2 Å². The predicted molar refractivity (Wildman–Crippen MR) is 76.1 cm³/mol. The molecule has 1 N–H and O–H groups in total. The Morgan fingerprint density at radius 3 is 2.94 bits per heavy atom. The maximum atomic E-state index is 9.42. The first kappa shape index (κ1) is 13.1. The molecule has 1 aliphatic rings. The van der Waals surface area contributed by atoms with Crippen molar-refractivity contribution in [1.82, 2.24) is 0 Å². The summed E-state index contributed by atoms with van der Waals surface area (Å²) in [6.45, 7) is 5.57. The number of rotatable bonds is 2. The predicted octanol–water partition coefficient (Wildman–Crippen LogP) is 3.16. The lowest BCUT2D eigenvalue weighted by atomic mass is 10.1. The molecule has 0 aliphatic carbocycles. The van der Waals surface area contributed by atoms with Gasteiger partial charge in [-0.1, -0.05) is 24.6 Å². The normalized spacial score (nSPS) is 25.1. The Hall–Kier alpha value is -0.380. The molecule has 1 aliphatic heterocycles. The van der Waals surface area contributed by atoms with E-state index in [1.165, 1.54) is 0 Å². The minimum atomic E-state index is 0.0667. The van der Waals surface area contributed by atoms with Gasteiger partial charge < -0.3 is 10.0 Å². The lowest BCUT2D eigenvalue weighted by Gasteiger charge is -2.40. The molecule has 2 unspecified atom stereocenters. The summed E-state index contributed by atoms with van der Waals surface area (Å²) in [6.07, 6.45) is 0. The second-order valence-electron chi connectivity index (χ2n) is 4.44. The Bertz CT molecular complexity index is 399. The van der Waals surface area contributed by atoms with Crippen molar-refractivity contribution in [3.63, 3.8) is 0 Å². The van der Waals surface area contributed by atoms with Crippen molar-refractivity contribution in [3.05, 3.63) is 28.8 Å². The molecule has 0 bridgehead atoms. The minimum absolute atomic E-state index is 0.0667. The van der Waals surface area contributed by atoms with Gasteiger partial charge in [-0.2, -0.15) is 11.8 Å². The zero-order valence-corrected chi connectivity index (χ0v) is 11.8. The van der Waals surface area contributed by atoms with Gasteiger partial charge in [-0.3, -0.25) is 0 Å². The molecular weight excluding hydrogens is 254 g/mol. The summed E-state index contributed by atoms with van der Waals surface area (Å²) >= 11 is 8.07. The summed E-state index contributed by atoms with van der Waals surface area (Å²) in [7, 11) is 0. The van der Waals surface area contributed by atoms with Gasteiger partial charge >= 0.3 is 0 Å². The molecule has 1 aromatic carbocycles. The number of nitrogens with zero attached hydrogens (tertiary/aromatic N) is 1. The lowest BCUT2D eigenvalue weighted by molar-refractivity contribution is 0.282. The average molecular weight is 272 g/mol. The lowest BCUT2D eigenvalue weighted by Crippen LogP contribution is -2.45. The number of hydrogen-bond acceptors (Lipinski definition) is 3. The monoisotopic (exact) mass is 271 g/mol. The van der Waals surface area contributed by atoms with Gasteiger partial charge in [-0.25, -0.2) is 0 Å². The van der Waals surface area contributed by atoms with E-state index in [1.54, 1.807) is 0 Å². The minimum Gasteiger partial charge on any atom is -0.392 e. The van der Waals surface area contributed by atoms with Crippen LogP contribution in [-0.2, 0) is 6.61 Å². The van der Waals surface area contributed by atoms with E-state index in [0.29, 0.717) is 11.3 Å². The number of hydrogen-bond donors (Lipinski definition) is 1. The molecule has 0 spiro atoms. The van der Waals surface area contributed by atoms with Crippen molar-refractivity contribution < 1.29 is 5.11 Å². The highest BCUT2D eigenvalue weighted by Gasteiger charge is 2.26. The molecule has 94 valence electrons. The summed E-state index contributed by atoms with van der Waals surface area (Å²) in [5.41, 5.74) is 2.04. The summed E-state index contributed by atoms with van der Waals surface area (Å²) in [5.74, 6) is 1.13. The van der Waals surface area contributed by atoms with Crippen LogP contribution in [0.1, 0.15) is 19.4 Å². The van der Waals surface area contributed by atoms with Gasteiger partial charge in [0.1, 0.15) is 0 Å².